The molecule has 168 valence electrons. The molecule has 0 amide bonds. The Morgan fingerprint density at radius 2 is 1.79 bits per heavy atom. The van der Waals surface area contributed by atoms with Gasteiger partial charge >= 0.3 is 0 Å². The summed E-state index contributed by atoms with van der Waals surface area (Å²) in [4.78, 5) is 4.97. The molecule has 2 aliphatic carbocycles. The summed E-state index contributed by atoms with van der Waals surface area (Å²) in [6.45, 7) is 2.09. The third kappa shape index (κ3) is 4.36. The van der Waals surface area contributed by atoms with Crippen molar-refractivity contribution in [2.75, 3.05) is 5.32 Å². The molecule has 0 saturated heterocycles. The Labute approximate surface area is 195 Å². The molecule has 2 saturated carbocycles. The molecular formula is C29H31N3O. The highest BCUT2D eigenvalue weighted by atomic mass is 16.3. The van der Waals surface area contributed by atoms with Crippen LogP contribution >= 0.6 is 0 Å². The molecule has 3 aromatic rings. The summed E-state index contributed by atoms with van der Waals surface area (Å²) < 4.78 is 0. The normalized spacial score (nSPS) is 22.2. The van der Waals surface area contributed by atoms with E-state index >= 15 is 0 Å². The lowest BCUT2D eigenvalue weighted by molar-refractivity contribution is -0.0679. The van der Waals surface area contributed by atoms with Gasteiger partial charge in [0.1, 0.15) is 5.82 Å². The summed E-state index contributed by atoms with van der Waals surface area (Å²) in [7, 11) is 0. The lowest BCUT2D eigenvalue weighted by Gasteiger charge is -2.44. The summed E-state index contributed by atoms with van der Waals surface area (Å²) in [6, 6.07) is 21.0. The van der Waals surface area contributed by atoms with Crippen LogP contribution in [0.1, 0.15) is 56.1 Å². The number of nitrogens with zero attached hydrogens (tertiary/aromatic N) is 1. The van der Waals surface area contributed by atoms with Crippen LogP contribution in [0.3, 0.4) is 0 Å². The number of anilines is 1. The molecule has 0 unspecified atom stereocenters. The van der Waals surface area contributed by atoms with E-state index in [0.717, 1.165) is 47.2 Å². The van der Waals surface area contributed by atoms with Crippen molar-refractivity contribution in [3.63, 3.8) is 0 Å². The topological polar surface area (TPSA) is 69.0 Å². The predicted octanol–water partition coefficient (Wildman–Crippen LogP) is 6.77. The summed E-state index contributed by atoms with van der Waals surface area (Å²) in [5.41, 5.74) is 5.67. The summed E-state index contributed by atoms with van der Waals surface area (Å²) in [5, 5.41) is 21.9. The Bertz CT molecular complexity index is 1160. The van der Waals surface area contributed by atoms with Gasteiger partial charge in [0.25, 0.3) is 0 Å². The van der Waals surface area contributed by atoms with Crippen LogP contribution in [0.4, 0.5) is 5.82 Å². The molecule has 0 bridgehead atoms. The summed E-state index contributed by atoms with van der Waals surface area (Å²) in [5.74, 6) is 1.66. The van der Waals surface area contributed by atoms with Crippen molar-refractivity contribution >= 4 is 12.0 Å². The van der Waals surface area contributed by atoms with E-state index in [2.05, 4.69) is 48.6 Å². The molecule has 1 heterocycles. The van der Waals surface area contributed by atoms with E-state index in [4.69, 9.17) is 10.4 Å². The van der Waals surface area contributed by atoms with Gasteiger partial charge in [0.2, 0.25) is 0 Å². The first-order valence-corrected chi connectivity index (χ1v) is 12.0. The van der Waals surface area contributed by atoms with E-state index in [1.165, 1.54) is 24.6 Å². The molecule has 3 N–H and O–H groups in total. The quantitative estimate of drug-likeness (QED) is 0.341. The Morgan fingerprint density at radius 3 is 2.42 bits per heavy atom. The van der Waals surface area contributed by atoms with Gasteiger partial charge in [-0.3, -0.25) is 0 Å². The van der Waals surface area contributed by atoms with Crippen molar-refractivity contribution in [3.05, 3.63) is 84.1 Å². The molecule has 1 aromatic heterocycles. The molecule has 0 atom stereocenters. The number of allylic oxidation sites excluding steroid dienone is 1. The van der Waals surface area contributed by atoms with Crippen molar-refractivity contribution in [2.24, 2.45) is 5.92 Å². The predicted molar refractivity (Wildman–Crippen MR) is 136 cm³/mol. The van der Waals surface area contributed by atoms with Gasteiger partial charge in [-0.2, -0.15) is 0 Å². The number of benzene rings is 2. The number of hydrogen-bond acceptors (Lipinski definition) is 4. The standard InChI is InChI=1S/C29H31N3O/c1-2-3-15-31-28-23(19-30)16-26(21-7-5-4-6-8-21)27(32-28)22-11-9-20(10-12-22)24-17-29(33,18-24)25-13-14-25/h3-12,15-16,19,24-25,30,33H,2,13-14,17-18H2,1H3,(H,31,32)/b15-3-,30-19?. The van der Waals surface area contributed by atoms with E-state index in [1.807, 2.05) is 36.5 Å². The monoisotopic (exact) mass is 437 g/mol. The van der Waals surface area contributed by atoms with E-state index in [1.54, 1.807) is 0 Å². The average molecular weight is 438 g/mol. The number of pyridine rings is 1. The minimum absolute atomic E-state index is 0.416. The Balaban J connectivity index is 1.49. The summed E-state index contributed by atoms with van der Waals surface area (Å²) in [6.07, 6.45) is 10.4. The first-order chi connectivity index (χ1) is 16.1. The molecule has 33 heavy (non-hydrogen) atoms. The molecule has 4 heteroatoms. The number of aliphatic hydroxyl groups is 1. The van der Waals surface area contributed by atoms with Gasteiger partial charge in [0.05, 0.1) is 11.3 Å². The van der Waals surface area contributed by atoms with Crippen LogP contribution in [-0.4, -0.2) is 21.9 Å². The van der Waals surface area contributed by atoms with Crippen molar-refractivity contribution in [3.8, 4) is 22.4 Å². The molecule has 5 rings (SSSR count). The fourth-order valence-corrected chi connectivity index (χ4v) is 4.96. The first-order valence-electron chi connectivity index (χ1n) is 12.0. The molecule has 0 radical (unpaired) electrons. The lowest BCUT2D eigenvalue weighted by atomic mass is 9.65. The molecular weight excluding hydrogens is 406 g/mol. The first kappa shape index (κ1) is 21.6. The molecule has 4 nitrogen and oxygen atoms in total. The van der Waals surface area contributed by atoms with Crippen LogP contribution < -0.4 is 5.32 Å². The zero-order valence-electron chi connectivity index (χ0n) is 19.1. The number of hydrogen-bond donors (Lipinski definition) is 3. The van der Waals surface area contributed by atoms with E-state index in [9.17, 15) is 5.11 Å². The second-order valence-corrected chi connectivity index (χ2v) is 9.39. The van der Waals surface area contributed by atoms with Crippen molar-refractivity contribution in [1.29, 1.82) is 5.41 Å². The Hall–Kier alpha value is -3.24. The van der Waals surface area contributed by atoms with Gasteiger partial charge in [-0.1, -0.05) is 67.6 Å². The molecule has 2 fully saturated rings. The zero-order valence-corrected chi connectivity index (χ0v) is 19.1. The van der Waals surface area contributed by atoms with E-state index in [-0.39, 0.29) is 0 Å². The summed E-state index contributed by atoms with van der Waals surface area (Å²) >= 11 is 0. The van der Waals surface area contributed by atoms with Gasteiger partial charge in [-0.15, -0.1) is 0 Å². The lowest BCUT2D eigenvalue weighted by Crippen LogP contribution is -2.44. The van der Waals surface area contributed by atoms with Crippen LogP contribution in [0.15, 0.2) is 72.9 Å². The highest BCUT2D eigenvalue weighted by molar-refractivity contribution is 5.91. The maximum Gasteiger partial charge on any atom is 0.139 e. The largest absolute Gasteiger partial charge is 0.390 e. The van der Waals surface area contributed by atoms with Gasteiger partial charge in [0.15, 0.2) is 0 Å². The van der Waals surface area contributed by atoms with E-state index in [0.29, 0.717) is 17.7 Å². The Kier molecular flexibility index (Phi) is 5.86. The minimum atomic E-state index is -0.416. The maximum atomic E-state index is 10.7. The molecule has 0 aliphatic heterocycles. The maximum absolute atomic E-state index is 10.7. The SMILES string of the molecule is CC/C=C\Nc1nc(-c2ccc(C3CC(O)(C4CC4)C3)cc2)c(-c2ccccc2)cc1C=N. The van der Waals surface area contributed by atoms with Crippen LogP contribution in [0.2, 0.25) is 0 Å². The smallest absolute Gasteiger partial charge is 0.139 e. The Morgan fingerprint density at radius 1 is 1.06 bits per heavy atom. The van der Waals surface area contributed by atoms with Crippen LogP contribution in [0.25, 0.3) is 22.4 Å². The van der Waals surface area contributed by atoms with Gasteiger partial charge in [-0.25, -0.2) is 4.98 Å². The fourth-order valence-electron chi connectivity index (χ4n) is 4.96. The fraction of sp³-hybridized carbons (Fsp3) is 0.310. The van der Waals surface area contributed by atoms with Gasteiger partial charge in [-0.05, 0) is 67.3 Å². The van der Waals surface area contributed by atoms with Crippen molar-refractivity contribution in [1.82, 2.24) is 4.98 Å². The number of rotatable bonds is 8. The van der Waals surface area contributed by atoms with Gasteiger partial charge in [0, 0.05) is 22.9 Å². The van der Waals surface area contributed by atoms with Crippen molar-refractivity contribution in [2.45, 2.75) is 50.5 Å². The van der Waals surface area contributed by atoms with Crippen molar-refractivity contribution < 1.29 is 5.11 Å². The second kappa shape index (κ2) is 8.95. The van der Waals surface area contributed by atoms with Crippen LogP contribution in [0.5, 0.6) is 0 Å². The second-order valence-electron chi connectivity index (χ2n) is 9.39. The average Bonchev–Trinajstić information content (AvgIpc) is 3.69. The molecule has 2 aromatic carbocycles. The molecule has 2 aliphatic rings. The van der Waals surface area contributed by atoms with Crippen LogP contribution in [0, 0.1) is 11.3 Å². The third-order valence-electron chi connectivity index (χ3n) is 7.06. The number of nitrogens with one attached hydrogen (secondary N) is 2. The van der Waals surface area contributed by atoms with E-state index < -0.39 is 5.60 Å². The van der Waals surface area contributed by atoms with Crippen LogP contribution in [-0.2, 0) is 0 Å². The number of aromatic nitrogens is 1. The third-order valence-corrected chi connectivity index (χ3v) is 7.06. The minimum Gasteiger partial charge on any atom is -0.390 e. The zero-order chi connectivity index (χ0) is 22.8. The highest BCUT2D eigenvalue weighted by Crippen LogP contribution is 2.56. The van der Waals surface area contributed by atoms with Gasteiger partial charge < -0.3 is 15.8 Å². The molecule has 0 spiro atoms. The highest BCUT2D eigenvalue weighted by Gasteiger charge is 2.52.